The summed E-state index contributed by atoms with van der Waals surface area (Å²) in [4.78, 5) is 20.0. The molecule has 8 heteroatoms. The zero-order valence-electron chi connectivity index (χ0n) is 16.4. The second-order valence-electron chi connectivity index (χ2n) is 7.51. The van der Waals surface area contributed by atoms with Crippen molar-refractivity contribution in [3.05, 3.63) is 30.1 Å². The molecule has 0 spiro atoms. The molecule has 1 aliphatic rings. The zero-order valence-corrected chi connectivity index (χ0v) is 16.4. The Kier molecular flexibility index (Phi) is 6.87. The summed E-state index contributed by atoms with van der Waals surface area (Å²) in [5.74, 6) is 0.187. The number of nitrogens with two attached hydrogens (primary N) is 1. The largest absolute Gasteiger partial charge is 0.486 e. The molecule has 1 atom stereocenters. The van der Waals surface area contributed by atoms with E-state index in [1.807, 2.05) is 32.6 Å². The number of nitrogens with zero attached hydrogens (tertiary/aromatic N) is 3. The molecule has 1 fully saturated rings. The molecular formula is C19H29FN4O3. The number of guanidine groups is 1. The summed E-state index contributed by atoms with van der Waals surface area (Å²) >= 11 is 0. The van der Waals surface area contributed by atoms with Crippen LogP contribution in [0.25, 0.3) is 0 Å². The average Bonchev–Trinajstić information content (AvgIpc) is 2.60. The summed E-state index contributed by atoms with van der Waals surface area (Å²) in [7, 11) is 0. The van der Waals surface area contributed by atoms with E-state index in [9.17, 15) is 9.18 Å². The number of carbonyl (C=O) groups is 1. The summed E-state index contributed by atoms with van der Waals surface area (Å²) < 4.78 is 24.5. The van der Waals surface area contributed by atoms with E-state index in [0.717, 1.165) is 0 Å². The van der Waals surface area contributed by atoms with Gasteiger partial charge in [0.15, 0.2) is 17.5 Å². The van der Waals surface area contributed by atoms with E-state index in [4.69, 9.17) is 15.2 Å². The molecule has 0 bridgehead atoms. The number of hydrogen-bond acceptors (Lipinski definition) is 4. The number of amides is 1. The first-order chi connectivity index (χ1) is 12.7. The molecule has 1 aliphatic heterocycles. The van der Waals surface area contributed by atoms with E-state index >= 15 is 0 Å². The Labute approximate surface area is 159 Å². The lowest BCUT2D eigenvalue weighted by Crippen LogP contribution is -2.53. The number of aliphatic imine (C=N–C) groups is 1. The van der Waals surface area contributed by atoms with Crippen molar-refractivity contribution >= 4 is 12.1 Å². The first-order valence-corrected chi connectivity index (χ1v) is 9.09. The summed E-state index contributed by atoms with van der Waals surface area (Å²) in [6, 6.07) is 6.26. The van der Waals surface area contributed by atoms with Crippen molar-refractivity contribution in [2.75, 3.05) is 32.7 Å². The quantitative estimate of drug-likeness (QED) is 0.641. The molecule has 1 aromatic carbocycles. The van der Waals surface area contributed by atoms with Gasteiger partial charge in [-0.05, 0) is 39.8 Å². The SMILES string of the molecule is CC(CN=C(N)N1CCN(C(=O)OC(C)(C)C)CC1)Oc1ccccc1F. The maximum atomic E-state index is 13.6. The Morgan fingerprint density at radius 1 is 1.22 bits per heavy atom. The van der Waals surface area contributed by atoms with Crippen LogP contribution in [0, 0.1) is 5.82 Å². The Bertz CT molecular complexity index is 667. The molecule has 27 heavy (non-hydrogen) atoms. The Balaban J connectivity index is 1.80. The molecule has 0 aliphatic carbocycles. The number of piperazine rings is 1. The third kappa shape index (κ3) is 6.62. The third-order valence-corrected chi connectivity index (χ3v) is 3.93. The maximum Gasteiger partial charge on any atom is 0.410 e. The number of benzene rings is 1. The fourth-order valence-corrected chi connectivity index (χ4v) is 2.56. The molecule has 7 nitrogen and oxygen atoms in total. The van der Waals surface area contributed by atoms with Gasteiger partial charge in [-0.15, -0.1) is 0 Å². The molecule has 1 saturated heterocycles. The smallest absolute Gasteiger partial charge is 0.410 e. The van der Waals surface area contributed by atoms with Gasteiger partial charge in [-0.25, -0.2) is 14.2 Å². The Morgan fingerprint density at radius 3 is 2.41 bits per heavy atom. The van der Waals surface area contributed by atoms with Crippen LogP contribution in [0.2, 0.25) is 0 Å². The van der Waals surface area contributed by atoms with Crippen LogP contribution in [-0.4, -0.2) is 66.3 Å². The van der Waals surface area contributed by atoms with Crippen molar-refractivity contribution < 1.29 is 18.7 Å². The van der Waals surface area contributed by atoms with Crippen molar-refractivity contribution in [3.8, 4) is 5.75 Å². The standard InChI is InChI=1S/C19H29FN4O3/c1-14(26-16-8-6-5-7-15(16)20)13-22-17(21)23-9-11-24(12-10-23)18(25)27-19(2,3)4/h5-8,14H,9-13H2,1-4H3,(H2,21,22). The highest BCUT2D eigenvalue weighted by atomic mass is 19.1. The van der Waals surface area contributed by atoms with Gasteiger partial charge in [-0.3, -0.25) is 0 Å². The number of hydrogen-bond donors (Lipinski definition) is 1. The molecule has 2 N–H and O–H groups in total. The lowest BCUT2D eigenvalue weighted by molar-refractivity contribution is 0.0186. The van der Waals surface area contributed by atoms with E-state index in [2.05, 4.69) is 4.99 Å². The molecule has 0 radical (unpaired) electrons. The van der Waals surface area contributed by atoms with Gasteiger partial charge < -0.3 is 25.0 Å². The van der Waals surface area contributed by atoms with Crippen LogP contribution >= 0.6 is 0 Å². The highest BCUT2D eigenvalue weighted by Gasteiger charge is 2.26. The van der Waals surface area contributed by atoms with Crippen LogP contribution in [0.15, 0.2) is 29.3 Å². The van der Waals surface area contributed by atoms with Gasteiger partial charge in [-0.1, -0.05) is 12.1 Å². The minimum absolute atomic E-state index is 0.199. The summed E-state index contributed by atoms with van der Waals surface area (Å²) in [5.41, 5.74) is 5.54. The van der Waals surface area contributed by atoms with Gasteiger partial charge in [0.1, 0.15) is 11.7 Å². The van der Waals surface area contributed by atoms with E-state index in [-0.39, 0.29) is 17.9 Å². The monoisotopic (exact) mass is 380 g/mol. The number of carbonyl (C=O) groups excluding carboxylic acids is 1. The number of ether oxygens (including phenoxy) is 2. The average molecular weight is 380 g/mol. The van der Waals surface area contributed by atoms with Gasteiger partial charge in [0, 0.05) is 26.2 Å². The topological polar surface area (TPSA) is 80.4 Å². The van der Waals surface area contributed by atoms with Crippen LogP contribution in [0.5, 0.6) is 5.75 Å². The van der Waals surface area contributed by atoms with Gasteiger partial charge in [0.2, 0.25) is 0 Å². The molecule has 1 heterocycles. The minimum Gasteiger partial charge on any atom is -0.486 e. The lowest BCUT2D eigenvalue weighted by Gasteiger charge is -2.36. The normalized spacial score (nSPS) is 16.9. The molecule has 0 saturated carbocycles. The molecule has 2 rings (SSSR count). The van der Waals surface area contributed by atoms with Crippen LogP contribution in [0.4, 0.5) is 9.18 Å². The minimum atomic E-state index is -0.511. The van der Waals surface area contributed by atoms with E-state index < -0.39 is 11.4 Å². The van der Waals surface area contributed by atoms with Crippen LogP contribution < -0.4 is 10.5 Å². The Hall–Kier alpha value is -2.51. The predicted octanol–water partition coefficient (Wildman–Crippen LogP) is 2.46. The van der Waals surface area contributed by atoms with E-state index in [1.165, 1.54) is 6.07 Å². The molecule has 1 amide bonds. The van der Waals surface area contributed by atoms with Crippen LogP contribution in [0.1, 0.15) is 27.7 Å². The van der Waals surface area contributed by atoms with Crippen LogP contribution in [0.3, 0.4) is 0 Å². The van der Waals surface area contributed by atoms with Crippen molar-refractivity contribution in [1.82, 2.24) is 9.80 Å². The number of para-hydroxylation sites is 1. The third-order valence-electron chi connectivity index (χ3n) is 3.93. The van der Waals surface area contributed by atoms with Crippen molar-refractivity contribution in [1.29, 1.82) is 0 Å². The van der Waals surface area contributed by atoms with Crippen molar-refractivity contribution in [2.24, 2.45) is 10.7 Å². The van der Waals surface area contributed by atoms with E-state index in [1.54, 1.807) is 23.1 Å². The predicted molar refractivity (Wildman–Crippen MR) is 102 cm³/mol. The summed E-state index contributed by atoms with van der Waals surface area (Å²) in [6.45, 7) is 9.85. The van der Waals surface area contributed by atoms with Gasteiger partial charge >= 0.3 is 6.09 Å². The van der Waals surface area contributed by atoms with Gasteiger partial charge in [0.05, 0.1) is 6.54 Å². The highest BCUT2D eigenvalue weighted by Crippen LogP contribution is 2.17. The zero-order chi connectivity index (χ0) is 20.0. The lowest BCUT2D eigenvalue weighted by atomic mass is 10.2. The molecular weight excluding hydrogens is 351 g/mol. The molecule has 150 valence electrons. The second-order valence-corrected chi connectivity index (χ2v) is 7.51. The van der Waals surface area contributed by atoms with Crippen molar-refractivity contribution in [2.45, 2.75) is 39.4 Å². The number of rotatable bonds is 4. The summed E-state index contributed by atoms with van der Waals surface area (Å²) in [5, 5.41) is 0. The maximum absolute atomic E-state index is 13.6. The molecule has 1 unspecified atom stereocenters. The van der Waals surface area contributed by atoms with Crippen molar-refractivity contribution in [3.63, 3.8) is 0 Å². The van der Waals surface area contributed by atoms with E-state index in [0.29, 0.717) is 38.7 Å². The van der Waals surface area contributed by atoms with Crippen LogP contribution in [-0.2, 0) is 4.74 Å². The van der Waals surface area contributed by atoms with Gasteiger partial charge in [-0.2, -0.15) is 0 Å². The molecule has 0 aromatic heterocycles. The van der Waals surface area contributed by atoms with Gasteiger partial charge in [0.25, 0.3) is 0 Å². The fourth-order valence-electron chi connectivity index (χ4n) is 2.56. The highest BCUT2D eigenvalue weighted by molar-refractivity contribution is 5.78. The number of halogens is 1. The first-order valence-electron chi connectivity index (χ1n) is 9.09. The fraction of sp³-hybridized carbons (Fsp3) is 0.579. The Morgan fingerprint density at radius 2 is 1.81 bits per heavy atom. The summed E-state index contributed by atoms with van der Waals surface area (Å²) in [6.07, 6.45) is -0.631. The first kappa shape index (κ1) is 20.8. The second kappa shape index (κ2) is 8.92. The molecule has 1 aromatic rings.